The van der Waals surface area contributed by atoms with Crippen LogP contribution in [0.5, 0.6) is 0 Å². The highest BCUT2D eigenvalue weighted by Crippen LogP contribution is 2.14. The van der Waals surface area contributed by atoms with Crippen LogP contribution in [0, 0.1) is 8.98 Å². The minimum absolute atomic E-state index is 0.0148. The number of nitrogens with two attached hydrogens (primary N) is 2. The van der Waals surface area contributed by atoms with Crippen molar-refractivity contribution in [3.05, 3.63) is 27.3 Å². The van der Waals surface area contributed by atoms with Crippen molar-refractivity contribution in [1.82, 2.24) is 0 Å². The van der Waals surface area contributed by atoms with E-state index < -0.39 is 0 Å². The van der Waals surface area contributed by atoms with E-state index in [4.69, 9.17) is 16.9 Å². The summed E-state index contributed by atoms with van der Waals surface area (Å²) in [6.07, 6.45) is 0. The summed E-state index contributed by atoms with van der Waals surface area (Å²) in [6.45, 7) is 0. The van der Waals surface area contributed by atoms with Crippen LogP contribution in [-0.4, -0.2) is 5.84 Å². The van der Waals surface area contributed by atoms with Gasteiger partial charge < -0.3 is 11.5 Å². The van der Waals surface area contributed by atoms with E-state index in [0.717, 1.165) is 3.57 Å². The van der Waals surface area contributed by atoms with Crippen LogP contribution in [0.15, 0.2) is 18.2 Å². The first-order valence-electron chi connectivity index (χ1n) is 3.00. The summed E-state index contributed by atoms with van der Waals surface area (Å²) in [5, 5.41) is 7.17. The van der Waals surface area contributed by atoms with E-state index in [0.29, 0.717) is 11.3 Å². The van der Waals surface area contributed by atoms with Crippen LogP contribution in [0.2, 0.25) is 0 Å². The molecule has 1 rings (SSSR count). The first kappa shape index (κ1) is 8.32. The Morgan fingerprint density at radius 3 is 2.55 bits per heavy atom. The van der Waals surface area contributed by atoms with E-state index in [1.165, 1.54) is 0 Å². The quantitative estimate of drug-likeness (QED) is 0.307. The molecule has 0 saturated heterocycles. The molecule has 1 aromatic carbocycles. The molecule has 0 aromatic heterocycles. The topological polar surface area (TPSA) is 75.9 Å². The Morgan fingerprint density at radius 2 is 2.09 bits per heavy atom. The number of anilines is 1. The van der Waals surface area contributed by atoms with E-state index in [2.05, 4.69) is 22.6 Å². The van der Waals surface area contributed by atoms with Crippen molar-refractivity contribution in [2.24, 2.45) is 5.73 Å². The standard InChI is InChI=1S/C7H8IN3/c8-4-1-2-6(9)5(3-4)7(10)11/h1-3H,9H2,(H3,10,11). The van der Waals surface area contributed by atoms with Crippen LogP contribution in [0.1, 0.15) is 5.56 Å². The molecule has 0 bridgehead atoms. The number of hydrogen-bond donors (Lipinski definition) is 3. The molecule has 4 heteroatoms. The molecule has 0 radical (unpaired) electrons. The van der Waals surface area contributed by atoms with Gasteiger partial charge in [0.1, 0.15) is 5.84 Å². The smallest absolute Gasteiger partial charge is 0.124 e. The normalized spacial score (nSPS) is 9.55. The molecular formula is C7H8IN3. The number of benzene rings is 1. The van der Waals surface area contributed by atoms with Gasteiger partial charge >= 0.3 is 0 Å². The molecule has 0 heterocycles. The minimum Gasteiger partial charge on any atom is -0.398 e. The third-order valence-electron chi connectivity index (χ3n) is 1.31. The molecule has 11 heavy (non-hydrogen) atoms. The van der Waals surface area contributed by atoms with Gasteiger partial charge in [-0.2, -0.15) is 0 Å². The van der Waals surface area contributed by atoms with E-state index in [1.54, 1.807) is 12.1 Å². The lowest BCUT2D eigenvalue weighted by Crippen LogP contribution is -2.13. The monoisotopic (exact) mass is 261 g/mol. The number of amidine groups is 1. The Morgan fingerprint density at radius 1 is 1.45 bits per heavy atom. The van der Waals surface area contributed by atoms with Crippen molar-refractivity contribution in [2.45, 2.75) is 0 Å². The summed E-state index contributed by atoms with van der Waals surface area (Å²) in [5.74, 6) is 0.0148. The molecule has 0 spiro atoms. The highest BCUT2D eigenvalue weighted by molar-refractivity contribution is 14.1. The van der Waals surface area contributed by atoms with Crippen molar-refractivity contribution in [2.75, 3.05) is 5.73 Å². The zero-order valence-electron chi connectivity index (χ0n) is 5.76. The molecule has 0 aliphatic rings. The van der Waals surface area contributed by atoms with Gasteiger partial charge in [-0.3, -0.25) is 5.41 Å². The van der Waals surface area contributed by atoms with Gasteiger partial charge in [0.2, 0.25) is 0 Å². The van der Waals surface area contributed by atoms with Crippen molar-refractivity contribution in [3.8, 4) is 0 Å². The van der Waals surface area contributed by atoms with E-state index in [-0.39, 0.29) is 5.84 Å². The highest BCUT2D eigenvalue weighted by Gasteiger charge is 2.01. The van der Waals surface area contributed by atoms with Crippen LogP contribution in [0.25, 0.3) is 0 Å². The number of nitrogens with one attached hydrogen (secondary N) is 1. The second kappa shape index (κ2) is 3.08. The van der Waals surface area contributed by atoms with Gasteiger partial charge in [0.25, 0.3) is 0 Å². The lowest BCUT2D eigenvalue weighted by Gasteiger charge is -2.02. The largest absolute Gasteiger partial charge is 0.398 e. The molecular weight excluding hydrogens is 253 g/mol. The molecule has 58 valence electrons. The van der Waals surface area contributed by atoms with Gasteiger partial charge in [-0.15, -0.1) is 0 Å². The average molecular weight is 261 g/mol. The zero-order chi connectivity index (χ0) is 8.43. The first-order chi connectivity index (χ1) is 5.11. The third kappa shape index (κ3) is 1.83. The van der Waals surface area contributed by atoms with Crippen molar-refractivity contribution in [3.63, 3.8) is 0 Å². The Balaban J connectivity index is 3.23. The van der Waals surface area contributed by atoms with Crippen LogP contribution in [0.4, 0.5) is 5.69 Å². The van der Waals surface area contributed by atoms with Gasteiger partial charge in [-0.25, -0.2) is 0 Å². The Hall–Kier alpha value is -0.780. The fourth-order valence-corrected chi connectivity index (χ4v) is 1.25. The molecule has 0 aliphatic carbocycles. The predicted molar refractivity (Wildman–Crippen MR) is 54.6 cm³/mol. The van der Waals surface area contributed by atoms with Gasteiger partial charge in [0, 0.05) is 14.8 Å². The van der Waals surface area contributed by atoms with Gasteiger partial charge in [0.05, 0.1) is 0 Å². The van der Waals surface area contributed by atoms with Crippen molar-refractivity contribution in [1.29, 1.82) is 5.41 Å². The minimum atomic E-state index is 0.0148. The van der Waals surface area contributed by atoms with Gasteiger partial charge in [-0.05, 0) is 40.8 Å². The highest BCUT2D eigenvalue weighted by atomic mass is 127. The van der Waals surface area contributed by atoms with E-state index in [9.17, 15) is 0 Å². The summed E-state index contributed by atoms with van der Waals surface area (Å²) in [4.78, 5) is 0. The summed E-state index contributed by atoms with van der Waals surface area (Å²) in [6, 6.07) is 5.42. The molecule has 0 amide bonds. The summed E-state index contributed by atoms with van der Waals surface area (Å²) in [5.41, 5.74) is 12.0. The molecule has 0 fully saturated rings. The van der Waals surface area contributed by atoms with Crippen LogP contribution in [0.3, 0.4) is 0 Å². The molecule has 5 N–H and O–H groups in total. The number of rotatable bonds is 1. The Labute approximate surface area is 78.4 Å². The lowest BCUT2D eigenvalue weighted by molar-refractivity contribution is 1.42. The molecule has 3 nitrogen and oxygen atoms in total. The van der Waals surface area contributed by atoms with Crippen LogP contribution in [-0.2, 0) is 0 Å². The number of hydrogen-bond acceptors (Lipinski definition) is 2. The maximum atomic E-state index is 7.17. The SMILES string of the molecule is N=C(N)c1cc(I)ccc1N. The maximum Gasteiger partial charge on any atom is 0.124 e. The van der Waals surface area contributed by atoms with Gasteiger partial charge in [-0.1, -0.05) is 0 Å². The molecule has 0 atom stereocenters. The molecule has 0 unspecified atom stereocenters. The second-order valence-electron chi connectivity index (χ2n) is 2.15. The Bertz CT molecular complexity index is 296. The predicted octanol–water partition coefficient (Wildman–Crippen LogP) is 1.16. The number of halogens is 1. The fourth-order valence-electron chi connectivity index (χ4n) is 0.762. The van der Waals surface area contributed by atoms with Gasteiger partial charge in [0.15, 0.2) is 0 Å². The maximum absolute atomic E-state index is 7.17. The summed E-state index contributed by atoms with van der Waals surface area (Å²) in [7, 11) is 0. The lowest BCUT2D eigenvalue weighted by atomic mass is 10.2. The van der Waals surface area contributed by atoms with Crippen molar-refractivity contribution < 1.29 is 0 Å². The molecule has 0 saturated carbocycles. The molecule has 1 aromatic rings. The Kier molecular flexibility index (Phi) is 2.33. The van der Waals surface area contributed by atoms with Crippen molar-refractivity contribution >= 4 is 34.1 Å². The first-order valence-corrected chi connectivity index (χ1v) is 4.08. The van der Waals surface area contributed by atoms with Crippen LogP contribution < -0.4 is 11.5 Å². The summed E-state index contributed by atoms with van der Waals surface area (Å²) >= 11 is 2.15. The number of nitrogen functional groups attached to an aromatic ring is 2. The molecule has 0 aliphatic heterocycles. The second-order valence-corrected chi connectivity index (χ2v) is 3.39. The zero-order valence-corrected chi connectivity index (χ0v) is 7.92. The summed E-state index contributed by atoms with van der Waals surface area (Å²) < 4.78 is 1.03. The van der Waals surface area contributed by atoms with Crippen LogP contribution >= 0.6 is 22.6 Å². The third-order valence-corrected chi connectivity index (χ3v) is 1.98. The fraction of sp³-hybridized carbons (Fsp3) is 0. The average Bonchev–Trinajstić information content (AvgIpc) is 1.94. The van der Waals surface area contributed by atoms with E-state index >= 15 is 0 Å². The van der Waals surface area contributed by atoms with E-state index in [1.807, 2.05) is 6.07 Å².